The standard InChI is InChI=1S/C12H18O4/c1-4-8-5-9(6-15-2)12(14)10(7-16-3)11(8)13/h5,13-14H,4,6-7H2,1-3H3. The van der Waals surface area contributed by atoms with Crippen molar-refractivity contribution in [2.75, 3.05) is 14.2 Å². The quantitative estimate of drug-likeness (QED) is 0.805. The predicted molar refractivity (Wildman–Crippen MR) is 60.6 cm³/mol. The minimum Gasteiger partial charge on any atom is -0.507 e. The molecule has 0 unspecified atom stereocenters. The summed E-state index contributed by atoms with van der Waals surface area (Å²) in [7, 11) is 3.08. The molecule has 0 aliphatic rings. The van der Waals surface area contributed by atoms with Crippen LogP contribution in [0.1, 0.15) is 23.6 Å². The monoisotopic (exact) mass is 226 g/mol. The molecule has 1 aromatic carbocycles. The summed E-state index contributed by atoms with van der Waals surface area (Å²) >= 11 is 0. The average Bonchev–Trinajstić information content (AvgIpc) is 2.28. The van der Waals surface area contributed by atoms with Gasteiger partial charge in [0, 0.05) is 19.8 Å². The highest BCUT2D eigenvalue weighted by atomic mass is 16.5. The van der Waals surface area contributed by atoms with Gasteiger partial charge in [-0.1, -0.05) is 6.92 Å². The predicted octanol–water partition coefficient (Wildman–Crippen LogP) is 1.95. The van der Waals surface area contributed by atoms with E-state index in [1.165, 1.54) is 7.11 Å². The molecule has 4 nitrogen and oxygen atoms in total. The first-order chi connectivity index (χ1) is 7.65. The highest BCUT2D eigenvalue weighted by Gasteiger charge is 2.16. The summed E-state index contributed by atoms with van der Waals surface area (Å²) in [6.45, 7) is 2.44. The van der Waals surface area contributed by atoms with E-state index in [4.69, 9.17) is 9.47 Å². The zero-order valence-corrected chi connectivity index (χ0v) is 9.91. The van der Waals surface area contributed by atoms with E-state index in [2.05, 4.69) is 0 Å². The number of ether oxygens (including phenoxy) is 2. The second-order valence-corrected chi connectivity index (χ2v) is 3.59. The van der Waals surface area contributed by atoms with E-state index in [1.54, 1.807) is 13.2 Å². The molecule has 90 valence electrons. The van der Waals surface area contributed by atoms with Crippen molar-refractivity contribution in [3.05, 3.63) is 22.8 Å². The molecule has 1 aromatic rings. The molecule has 0 aliphatic carbocycles. The topological polar surface area (TPSA) is 58.9 Å². The minimum absolute atomic E-state index is 0.0541. The largest absolute Gasteiger partial charge is 0.507 e. The zero-order valence-electron chi connectivity index (χ0n) is 9.91. The number of rotatable bonds is 5. The Hall–Kier alpha value is -1.26. The van der Waals surface area contributed by atoms with Crippen LogP contribution < -0.4 is 0 Å². The molecule has 0 saturated heterocycles. The van der Waals surface area contributed by atoms with E-state index in [9.17, 15) is 10.2 Å². The molecule has 1 rings (SSSR count). The second-order valence-electron chi connectivity index (χ2n) is 3.59. The Morgan fingerprint density at radius 3 is 2.06 bits per heavy atom. The summed E-state index contributed by atoms with van der Waals surface area (Å²) in [6.07, 6.45) is 0.694. The Bertz CT molecular complexity index is 361. The summed E-state index contributed by atoms with van der Waals surface area (Å²) in [4.78, 5) is 0. The molecule has 0 aromatic heterocycles. The van der Waals surface area contributed by atoms with Crippen LogP contribution in [0.2, 0.25) is 0 Å². The number of phenolic OH excluding ortho intramolecular Hbond substituents is 2. The number of hydrogen-bond acceptors (Lipinski definition) is 4. The highest BCUT2D eigenvalue weighted by molar-refractivity contribution is 5.53. The van der Waals surface area contributed by atoms with Crippen LogP contribution in [-0.4, -0.2) is 24.4 Å². The first kappa shape index (κ1) is 12.8. The third-order valence-electron chi connectivity index (χ3n) is 2.50. The van der Waals surface area contributed by atoms with E-state index in [1.807, 2.05) is 6.92 Å². The van der Waals surface area contributed by atoms with Crippen molar-refractivity contribution in [1.29, 1.82) is 0 Å². The van der Waals surface area contributed by atoms with Crippen LogP contribution in [0.25, 0.3) is 0 Å². The van der Waals surface area contributed by atoms with E-state index in [-0.39, 0.29) is 18.1 Å². The molecule has 0 fully saturated rings. The highest BCUT2D eigenvalue weighted by Crippen LogP contribution is 2.35. The Labute approximate surface area is 95.4 Å². The number of hydrogen-bond donors (Lipinski definition) is 2. The maximum atomic E-state index is 9.93. The lowest BCUT2D eigenvalue weighted by atomic mass is 10.0. The van der Waals surface area contributed by atoms with Crippen LogP contribution in [-0.2, 0) is 29.1 Å². The molecule has 0 aliphatic heterocycles. The van der Waals surface area contributed by atoms with Gasteiger partial charge in [-0.15, -0.1) is 0 Å². The van der Waals surface area contributed by atoms with Gasteiger partial charge in [-0.25, -0.2) is 0 Å². The lowest BCUT2D eigenvalue weighted by molar-refractivity contribution is 0.172. The van der Waals surface area contributed by atoms with Crippen molar-refractivity contribution in [3.8, 4) is 11.5 Å². The molecule has 4 heteroatoms. The molecular formula is C12H18O4. The molecule has 0 amide bonds. The maximum absolute atomic E-state index is 9.93. The molecule has 0 spiro atoms. The smallest absolute Gasteiger partial charge is 0.130 e. The lowest BCUT2D eigenvalue weighted by Gasteiger charge is -2.14. The van der Waals surface area contributed by atoms with Gasteiger partial charge in [0.1, 0.15) is 11.5 Å². The summed E-state index contributed by atoms with van der Waals surface area (Å²) in [5, 5.41) is 19.8. The summed E-state index contributed by atoms with van der Waals surface area (Å²) < 4.78 is 9.96. The molecule has 0 bridgehead atoms. The van der Waals surface area contributed by atoms with Crippen molar-refractivity contribution in [3.63, 3.8) is 0 Å². The van der Waals surface area contributed by atoms with Crippen molar-refractivity contribution >= 4 is 0 Å². The Morgan fingerprint density at radius 1 is 1.00 bits per heavy atom. The molecule has 0 saturated carbocycles. The Kier molecular flexibility index (Phi) is 4.58. The Morgan fingerprint density at radius 2 is 1.56 bits per heavy atom. The SMILES string of the molecule is CCc1cc(COC)c(O)c(COC)c1O. The third kappa shape index (κ3) is 2.46. The number of benzene rings is 1. The maximum Gasteiger partial charge on any atom is 0.130 e. The first-order valence-electron chi connectivity index (χ1n) is 5.19. The van der Waals surface area contributed by atoms with Gasteiger partial charge < -0.3 is 19.7 Å². The number of methoxy groups -OCH3 is 2. The summed E-state index contributed by atoms with van der Waals surface area (Å²) in [6, 6.07) is 1.76. The van der Waals surface area contributed by atoms with Crippen molar-refractivity contribution in [1.82, 2.24) is 0 Å². The van der Waals surface area contributed by atoms with Gasteiger partial charge in [0.15, 0.2) is 0 Å². The van der Waals surface area contributed by atoms with E-state index >= 15 is 0 Å². The van der Waals surface area contributed by atoms with Gasteiger partial charge in [0.2, 0.25) is 0 Å². The van der Waals surface area contributed by atoms with Crippen LogP contribution in [0.5, 0.6) is 11.5 Å². The van der Waals surface area contributed by atoms with E-state index < -0.39 is 0 Å². The third-order valence-corrected chi connectivity index (χ3v) is 2.50. The van der Waals surface area contributed by atoms with Gasteiger partial charge in [0.25, 0.3) is 0 Å². The fourth-order valence-electron chi connectivity index (χ4n) is 1.66. The molecule has 0 radical (unpaired) electrons. The van der Waals surface area contributed by atoms with Gasteiger partial charge in [-0.3, -0.25) is 0 Å². The molecule has 2 N–H and O–H groups in total. The van der Waals surface area contributed by atoms with E-state index in [0.717, 1.165) is 5.56 Å². The normalized spacial score (nSPS) is 10.7. The van der Waals surface area contributed by atoms with Crippen LogP contribution in [0.3, 0.4) is 0 Å². The fourth-order valence-corrected chi connectivity index (χ4v) is 1.66. The van der Waals surface area contributed by atoms with Crippen LogP contribution in [0.4, 0.5) is 0 Å². The first-order valence-corrected chi connectivity index (χ1v) is 5.19. The van der Waals surface area contributed by atoms with Crippen LogP contribution in [0, 0.1) is 0 Å². The number of aromatic hydroxyl groups is 2. The second kappa shape index (κ2) is 5.72. The van der Waals surface area contributed by atoms with Crippen molar-refractivity contribution in [2.45, 2.75) is 26.6 Å². The van der Waals surface area contributed by atoms with E-state index in [0.29, 0.717) is 24.2 Å². The zero-order chi connectivity index (χ0) is 12.1. The fraction of sp³-hybridized carbons (Fsp3) is 0.500. The van der Waals surface area contributed by atoms with Gasteiger partial charge in [-0.2, -0.15) is 0 Å². The van der Waals surface area contributed by atoms with Gasteiger partial charge in [0.05, 0.1) is 18.8 Å². The van der Waals surface area contributed by atoms with Crippen LogP contribution in [0.15, 0.2) is 6.07 Å². The Balaban J connectivity index is 3.26. The summed E-state index contributed by atoms with van der Waals surface area (Å²) in [5.41, 5.74) is 1.88. The molecule has 16 heavy (non-hydrogen) atoms. The molecule has 0 heterocycles. The van der Waals surface area contributed by atoms with Gasteiger partial charge in [-0.05, 0) is 18.1 Å². The van der Waals surface area contributed by atoms with Crippen LogP contribution >= 0.6 is 0 Å². The van der Waals surface area contributed by atoms with Crippen molar-refractivity contribution in [2.24, 2.45) is 0 Å². The lowest BCUT2D eigenvalue weighted by Crippen LogP contribution is -1.99. The van der Waals surface area contributed by atoms with Crippen molar-refractivity contribution < 1.29 is 19.7 Å². The molecule has 0 atom stereocenters. The average molecular weight is 226 g/mol. The number of phenols is 2. The summed E-state index contributed by atoms with van der Waals surface area (Å²) in [5.74, 6) is 0.167. The molecular weight excluding hydrogens is 208 g/mol. The van der Waals surface area contributed by atoms with Gasteiger partial charge >= 0.3 is 0 Å². The number of aryl methyl sites for hydroxylation is 1. The minimum atomic E-state index is 0.0541.